The third kappa shape index (κ3) is 1.98. The molecule has 84 valence electrons. The van der Waals surface area contributed by atoms with E-state index in [4.69, 9.17) is 0 Å². The van der Waals surface area contributed by atoms with Gasteiger partial charge in [0.2, 0.25) is 11.8 Å². The molecule has 1 aliphatic carbocycles. The molecule has 0 bridgehead atoms. The zero-order valence-electron chi connectivity index (χ0n) is 9.14. The Balaban J connectivity index is 2.20. The number of rotatable bonds is 0. The smallest absolute Gasteiger partial charge is 0.245 e. The summed E-state index contributed by atoms with van der Waals surface area (Å²) < 4.78 is 0. The molecule has 0 aromatic rings. The molecule has 4 nitrogen and oxygen atoms in total. The highest BCUT2D eigenvalue weighted by atomic mass is 16.2. The maximum atomic E-state index is 12.0. The van der Waals surface area contributed by atoms with Crippen molar-refractivity contribution < 1.29 is 9.59 Å². The lowest BCUT2D eigenvalue weighted by Gasteiger charge is -2.35. The Morgan fingerprint density at radius 2 is 1.87 bits per heavy atom. The summed E-state index contributed by atoms with van der Waals surface area (Å²) in [4.78, 5) is 23.6. The third-order valence-corrected chi connectivity index (χ3v) is 3.39. The molecular weight excluding hydrogens is 192 g/mol. The fourth-order valence-corrected chi connectivity index (χ4v) is 2.57. The van der Waals surface area contributed by atoms with E-state index >= 15 is 0 Å². The Bertz CT molecular complexity index is 282. The Kier molecular flexibility index (Phi) is 2.67. The van der Waals surface area contributed by atoms with E-state index in [1.807, 2.05) is 6.92 Å². The van der Waals surface area contributed by atoms with E-state index in [0.29, 0.717) is 6.42 Å². The van der Waals surface area contributed by atoms with Gasteiger partial charge in [-0.2, -0.15) is 0 Å². The molecular formula is C11H18N2O2. The maximum absolute atomic E-state index is 12.0. The number of nitrogens with one attached hydrogen (secondary N) is 2. The van der Waals surface area contributed by atoms with Crippen molar-refractivity contribution in [2.24, 2.45) is 0 Å². The molecule has 15 heavy (non-hydrogen) atoms. The number of hydrogen-bond donors (Lipinski definition) is 2. The number of amides is 2. The lowest BCUT2D eigenvalue weighted by molar-refractivity contribution is -0.132. The molecule has 1 saturated heterocycles. The van der Waals surface area contributed by atoms with Crippen LogP contribution in [0.2, 0.25) is 0 Å². The van der Waals surface area contributed by atoms with Crippen LogP contribution in [0.15, 0.2) is 0 Å². The molecule has 2 fully saturated rings. The Morgan fingerprint density at radius 3 is 2.53 bits per heavy atom. The average molecular weight is 210 g/mol. The van der Waals surface area contributed by atoms with Gasteiger partial charge in [-0.1, -0.05) is 19.3 Å². The van der Waals surface area contributed by atoms with Crippen molar-refractivity contribution in [2.45, 2.75) is 57.0 Å². The average Bonchev–Trinajstić information content (AvgIpc) is 2.26. The van der Waals surface area contributed by atoms with E-state index in [0.717, 1.165) is 25.7 Å². The second-order valence-electron chi connectivity index (χ2n) is 4.77. The summed E-state index contributed by atoms with van der Waals surface area (Å²) in [6, 6.07) is -0.0428. The van der Waals surface area contributed by atoms with Crippen molar-refractivity contribution in [3.63, 3.8) is 0 Å². The molecule has 1 heterocycles. The number of hydrogen-bond acceptors (Lipinski definition) is 2. The minimum Gasteiger partial charge on any atom is -0.351 e. The van der Waals surface area contributed by atoms with Crippen LogP contribution in [0.4, 0.5) is 0 Å². The molecule has 2 N–H and O–H groups in total. The van der Waals surface area contributed by atoms with Crippen LogP contribution >= 0.6 is 0 Å². The molecule has 0 aromatic carbocycles. The van der Waals surface area contributed by atoms with Crippen LogP contribution in [0.1, 0.15) is 45.4 Å². The van der Waals surface area contributed by atoms with Crippen molar-refractivity contribution in [2.75, 3.05) is 0 Å². The minimum absolute atomic E-state index is 0.00255. The van der Waals surface area contributed by atoms with E-state index in [-0.39, 0.29) is 17.9 Å². The van der Waals surface area contributed by atoms with E-state index in [1.165, 1.54) is 6.42 Å². The van der Waals surface area contributed by atoms with Crippen LogP contribution in [0.5, 0.6) is 0 Å². The molecule has 2 rings (SSSR count). The van der Waals surface area contributed by atoms with E-state index < -0.39 is 5.54 Å². The van der Waals surface area contributed by atoms with Crippen LogP contribution in [0.25, 0.3) is 0 Å². The quantitative estimate of drug-likeness (QED) is 0.618. The number of carbonyl (C=O) groups is 2. The second kappa shape index (κ2) is 3.83. The predicted molar refractivity (Wildman–Crippen MR) is 56.2 cm³/mol. The normalized spacial score (nSPS) is 30.6. The van der Waals surface area contributed by atoms with Crippen LogP contribution in [0, 0.1) is 0 Å². The maximum Gasteiger partial charge on any atom is 0.245 e. The van der Waals surface area contributed by atoms with Gasteiger partial charge in [-0.15, -0.1) is 0 Å². The summed E-state index contributed by atoms with van der Waals surface area (Å²) in [7, 11) is 0. The second-order valence-corrected chi connectivity index (χ2v) is 4.77. The zero-order valence-corrected chi connectivity index (χ0v) is 9.14. The molecule has 4 heteroatoms. The van der Waals surface area contributed by atoms with Crippen molar-refractivity contribution in [3.05, 3.63) is 0 Å². The minimum atomic E-state index is -0.597. The van der Waals surface area contributed by atoms with Gasteiger partial charge in [-0.25, -0.2) is 0 Å². The highest BCUT2D eigenvalue weighted by Crippen LogP contribution is 2.29. The molecule has 1 unspecified atom stereocenters. The summed E-state index contributed by atoms with van der Waals surface area (Å²) >= 11 is 0. The van der Waals surface area contributed by atoms with Gasteiger partial charge in [-0.3, -0.25) is 9.59 Å². The molecule has 1 saturated carbocycles. The van der Waals surface area contributed by atoms with Crippen LogP contribution < -0.4 is 10.6 Å². The van der Waals surface area contributed by atoms with Crippen molar-refractivity contribution in [1.29, 1.82) is 0 Å². The van der Waals surface area contributed by atoms with Gasteiger partial charge in [-0.05, 0) is 19.8 Å². The number of carbonyl (C=O) groups excluding carboxylic acids is 2. The highest BCUT2D eigenvalue weighted by molar-refractivity contribution is 5.94. The Morgan fingerprint density at radius 1 is 1.20 bits per heavy atom. The third-order valence-electron chi connectivity index (χ3n) is 3.39. The molecule has 2 amide bonds. The van der Waals surface area contributed by atoms with Gasteiger partial charge in [0.15, 0.2) is 0 Å². The van der Waals surface area contributed by atoms with E-state index in [1.54, 1.807) is 0 Å². The van der Waals surface area contributed by atoms with Gasteiger partial charge >= 0.3 is 0 Å². The first-order chi connectivity index (χ1) is 7.12. The van der Waals surface area contributed by atoms with Gasteiger partial charge in [0.1, 0.15) is 5.54 Å². The Labute approximate surface area is 89.8 Å². The fraction of sp³-hybridized carbons (Fsp3) is 0.818. The summed E-state index contributed by atoms with van der Waals surface area (Å²) in [6.07, 6.45) is 5.20. The summed E-state index contributed by atoms with van der Waals surface area (Å²) in [5.41, 5.74) is -0.597. The Hall–Kier alpha value is -1.06. The first-order valence-electron chi connectivity index (χ1n) is 5.74. The van der Waals surface area contributed by atoms with E-state index in [9.17, 15) is 9.59 Å². The molecule has 1 atom stereocenters. The lowest BCUT2D eigenvalue weighted by Crippen LogP contribution is -2.57. The van der Waals surface area contributed by atoms with Crippen molar-refractivity contribution in [3.8, 4) is 0 Å². The molecule has 0 radical (unpaired) electrons. The summed E-state index contributed by atoms with van der Waals surface area (Å²) in [5.74, 6) is 0.0169. The molecule has 1 spiro atoms. The highest BCUT2D eigenvalue weighted by Gasteiger charge is 2.43. The van der Waals surface area contributed by atoms with Crippen molar-refractivity contribution in [1.82, 2.24) is 10.6 Å². The zero-order chi connectivity index (χ0) is 10.9. The standard InChI is InChI=1S/C11H18N2O2/c1-8-7-9(14)13-11(10(15)12-8)5-3-2-4-6-11/h8H,2-7H2,1H3,(H,12,15)(H,13,14). The topological polar surface area (TPSA) is 58.2 Å². The van der Waals surface area contributed by atoms with Crippen LogP contribution in [-0.4, -0.2) is 23.4 Å². The van der Waals surface area contributed by atoms with Crippen LogP contribution in [0.3, 0.4) is 0 Å². The summed E-state index contributed by atoms with van der Waals surface area (Å²) in [6.45, 7) is 1.87. The largest absolute Gasteiger partial charge is 0.351 e. The SMILES string of the molecule is CC1CC(=O)NC2(CCCCC2)C(=O)N1. The lowest BCUT2D eigenvalue weighted by atomic mass is 9.81. The fourth-order valence-electron chi connectivity index (χ4n) is 2.57. The predicted octanol–water partition coefficient (Wildman–Crippen LogP) is 0.714. The van der Waals surface area contributed by atoms with Gasteiger partial charge in [0, 0.05) is 12.5 Å². The first kappa shape index (κ1) is 10.5. The van der Waals surface area contributed by atoms with Gasteiger partial charge < -0.3 is 10.6 Å². The van der Waals surface area contributed by atoms with Gasteiger partial charge in [0.25, 0.3) is 0 Å². The van der Waals surface area contributed by atoms with Crippen molar-refractivity contribution >= 4 is 11.8 Å². The van der Waals surface area contributed by atoms with Gasteiger partial charge in [0.05, 0.1) is 0 Å². The molecule has 2 aliphatic rings. The molecule has 0 aromatic heterocycles. The first-order valence-corrected chi connectivity index (χ1v) is 5.74. The monoisotopic (exact) mass is 210 g/mol. The van der Waals surface area contributed by atoms with E-state index in [2.05, 4.69) is 10.6 Å². The van der Waals surface area contributed by atoms with Crippen LogP contribution in [-0.2, 0) is 9.59 Å². The summed E-state index contributed by atoms with van der Waals surface area (Å²) in [5, 5.41) is 5.83. The molecule has 1 aliphatic heterocycles.